The number of ether oxygens (including phenoxy) is 1. The molecule has 2 N–H and O–H groups in total. The average Bonchev–Trinajstić information content (AvgIpc) is 3.46. The zero-order chi connectivity index (χ0) is 25.3. The third-order valence-corrected chi connectivity index (χ3v) is 6.77. The lowest BCUT2D eigenvalue weighted by atomic mass is 9.94. The molecule has 11 heteroatoms. The normalized spacial score (nSPS) is 11.3. The molecular weight excluding hydrogens is 488 g/mol. The highest BCUT2D eigenvalue weighted by atomic mass is 32.2. The van der Waals surface area contributed by atoms with Gasteiger partial charge in [-0.2, -0.15) is 0 Å². The van der Waals surface area contributed by atoms with E-state index in [1.807, 2.05) is 24.3 Å². The molecule has 35 heavy (non-hydrogen) atoms. The van der Waals surface area contributed by atoms with E-state index in [1.54, 1.807) is 24.2 Å². The van der Waals surface area contributed by atoms with Gasteiger partial charge in [0.15, 0.2) is 5.13 Å². The zero-order valence-corrected chi connectivity index (χ0v) is 21.9. The summed E-state index contributed by atoms with van der Waals surface area (Å²) in [6, 6.07) is 7.31. The van der Waals surface area contributed by atoms with Gasteiger partial charge in [0.2, 0.25) is 17.7 Å². The number of benzene rings is 1. The van der Waals surface area contributed by atoms with Gasteiger partial charge in [-0.05, 0) is 24.1 Å². The number of carbonyl (C=O) groups is 2. The smallest absolute Gasteiger partial charge is 0.243 e. The number of hydroxylamine groups is 1. The van der Waals surface area contributed by atoms with Crippen LogP contribution in [0.5, 0.6) is 5.75 Å². The fourth-order valence-electron chi connectivity index (χ4n) is 2.88. The molecule has 3 aromatic rings. The first-order valence-electron chi connectivity index (χ1n) is 11.1. The molecule has 0 fully saturated rings. The van der Waals surface area contributed by atoms with E-state index in [0.29, 0.717) is 42.0 Å². The maximum atomic E-state index is 12.4. The van der Waals surface area contributed by atoms with Gasteiger partial charge in [-0.3, -0.25) is 14.4 Å². The van der Waals surface area contributed by atoms with Crippen molar-refractivity contribution >= 4 is 40.0 Å². The minimum Gasteiger partial charge on any atom is -0.494 e. The van der Waals surface area contributed by atoms with Gasteiger partial charge < -0.3 is 14.5 Å². The number of hydrogen-bond donors (Lipinski definition) is 2. The summed E-state index contributed by atoms with van der Waals surface area (Å²) < 4.78 is 12.4. The Morgan fingerprint density at radius 2 is 1.89 bits per heavy atom. The Morgan fingerprint density at radius 1 is 1.11 bits per heavy atom. The summed E-state index contributed by atoms with van der Waals surface area (Å²) in [6.07, 6.45) is 4.64. The Kier molecular flexibility index (Phi) is 9.70. The van der Waals surface area contributed by atoms with Gasteiger partial charge in [0.25, 0.3) is 0 Å². The molecule has 2 amide bonds. The molecule has 0 saturated carbocycles. The number of hydrogen-bond acceptors (Lipinski definition) is 9. The summed E-state index contributed by atoms with van der Waals surface area (Å²) in [5.41, 5.74) is 3.05. The molecule has 0 aliphatic rings. The molecule has 9 nitrogen and oxygen atoms in total. The van der Waals surface area contributed by atoms with Crippen molar-refractivity contribution in [2.45, 2.75) is 55.4 Å². The van der Waals surface area contributed by atoms with Crippen molar-refractivity contribution in [2.24, 2.45) is 0 Å². The Balaban J connectivity index is 1.39. The van der Waals surface area contributed by atoms with Crippen LogP contribution in [0.3, 0.4) is 0 Å². The van der Waals surface area contributed by atoms with Gasteiger partial charge in [-0.15, -0.1) is 11.8 Å². The molecule has 188 valence electrons. The highest BCUT2D eigenvalue weighted by molar-refractivity contribution is 8.00. The van der Waals surface area contributed by atoms with Crippen molar-refractivity contribution in [1.82, 2.24) is 15.4 Å². The molecule has 0 aliphatic heterocycles. The molecule has 0 radical (unpaired) electrons. The third kappa shape index (κ3) is 9.00. The number of nitrogens with zero attached hydrogens (tertiary/aromatic N) is 2. The van der Waals surface area contributed by atoms with Crippen molar-refractivity contribution in [3.8, 4) is 5.75 Å². The van der Waals surface area contributed by atoms with Crippen LogP contribution in [0, 0.1) is 0 Å². The minimum absolute atomic E-state index is 0.0746. The van der Waals surface area contributed by atoms with Crippen molar-refractivity contribution in [3.63, 3.8) is 0 Å². The number of anilines is 1. The predicted molar refractivity (Wildman–Crippen MR) is 136 cm³/mol. The van der Waals surface area contributed by atoms with Crippen LogP contribution in [0.2, 0.25) is 0 Å². The highest BCUT2D eigenvalue weighted by Gasteiger charge is 2.19. The maximum Gasteiger partial charge on any atom is 0.243 e. The Morgan fingerprint density at radius 3 is 2.57 bits per heavy atom. The second-order valence-corrected chi connectivity index (χ2v) is 11.0. The number of amides is 2. The predicted octanol–water partition coefficient (Wildman–Crippen LogP) is 4.74. The highest BCUT2D eigenvalue weighted by Crippen LogP contribution is 2.31. The first-order chi connectivity index (χ1) is 16.7. The fourth-order valence-corrected chi connectivity index (χ4v) is 4.62. The van der Waals surface area contributed by atoms with Gasteiger partial charge >= 0.3 is 0 Å². The fraction of sp³-hybridized carbons (Fsp3) is 0.417. The molecule has 0 spiro atoms. The molecule has 3 rings (SSSR count). The van der Waals surface area contributed by atoms with E-state index in [1.165, 1.54) is 18.4 Å². The molecule has 0 bridgehead atoms. The number of thioether (sulfide) groups is 1. The quantitative estimate of drug-likeness (QED) is 0.201. The van der Waals surface area contributed by atoms with E-state index in [0.717, 1.165) is 15.5 Å². The number of aromatic nitrogens is 2. The first kappa shape index (κ1) is 26.7. The number of oxazole rings is 1. The van der Waals surface area contributed by atoms with Gasteiger partial charge in [0.05, 0.1) is 42.5 Å². The van der Waals surface area contributed by atoms with Gasteiger partial charge in [-0.25, -0.2) is 15.4 Å². The number of thiazole rings is 1. The monoisotopic (exact) mass is 518 g/mol. The standard InChI is InChI=1S/C24H30N4O5S2/c1-24(2,3)18-13-25-21(33-18)15-34-22-14-26-23(35-22)27-20(30)12-16-7-9-17(10-8-16)32-11-5-6-19(29)28-31-4/h7-10,13-14H,5-6,11-12,15H2,1-4H3,(H,28,29)(H,26,27,30). The molecular formula is C24H30N4O5S2. The molecule has 0 aliphatic carbocycles. The average molecular weight is 519 g/mol. The van der Waals surface area contributed by atoms with E-state index in [4.69, 9.17) is 9.15 Å². The van der Waals surface area contributed by atoms with Crippen molar-refractivity contribution in [2.75, 3.05) is 19.0 Å². The summed E-state index contributed by atoms with van der Waals surface area (Å²) in [7, 11) is 1.40. The minimum atomic E-state index is -0.187. The number of nitrogens with one attached hydrogen (secondary N) is 2. The van der Waals surface area contributed by atoms with Crippen molar-refractivity contribution in [1.29, 1.82) is 0 Å². The lowest BCUT2D eigenvalue weighted by Gasteiger charge is -2.12. The molecule has 2 heterocycles. The lowest BCUT2D eigenvalue weighted by Crippen LogP contribution is -2.21. The van der Waals surface area contributed by atoms with Crippen LogP contribution in [0.25, 0.3) is 0 Å². The number of rotatable bonds is 12. The van der Waals surface area contributed by atoms with Crippen LogP contribution in [0.4, 0.5) is 5.13 Å². The van der Waals surface area contributed by atoms with Crippen LogP contribution in [0.15, 0.2) is 45.3 Å². The van der Waals surface area contributed by atoms with E-state index in [-0.39, 0.29) is 23.7 Å². The van der Waals surface area contributed by atoms with E-state index in [2.05, 4.69) is 46.4 Å². The number of carbonyl (C=O) groups excluding carboxylic acids is 2. The largest absolute Gasteiger partial charge is 0.494 e. The summed E-state index contributed by atoms with van der Waals surface area (Å²) in [5, 5.41) is 3.40. The molecule has 1 aromatic carbocycles. The van der Waals surface area contributed by atoms with Crippen LogP contribution in [-0.4, -0.2) is 35.5 Å². The first-order valence-corrected chi connectivity index (χ1v) is 12.9. The van der Waals surface area contributed by atoms with E-state index < -0.39 is 0 Å². The topological polar surface area (TPSA) is 116 Å². The van der Waals surface area contributed by atoms with E-state index >= 15 is 0 Å². The van der Waals surface area contributed by atoms with Crippen molar-refractivity contribution < 1.29 is 23.6 Å². The molecule has 0 atom stereocenters. The van der Waals surface area contributed by atoms with Crippen LogP contribution in [0.1, 0.15) is 50.8 Å². The van der Waals surface area contributed by atoms with Crippen LogP contribution >= 0.6 is 23.1 Å². The van der Waals surface area contributed by atoms with Gasteiger partial charge in [0.1, 0.15) is 11.5 Å². The van der Waals surface area contributed by atoms with Gasteiger partial charge in [0, 0.05) is 11.8 Å². The summed E-state index contributed by atoms with van der Waals surface area (Å²) in [6.45, 7) is 6.66. The SMILES string of the molecule is CONC(=O)CCCOc1ccc(CC(=O)Nc2ncc(SCc3ncc(C(C)(C)C)o3)s2)cc1. The van der Waals surface area contributed by atoms with E-state index in [9.17, 15) is 9.59 Å². The summed E-state index contributed by atoms with van der Waals surface area (Å²) in [5.74, 6) is 2.48. The molecule has 0 saturated heterocycles. The van der Waals surface area contributed by atoms with Crippen molar-refractivity contribution in [3.05, 3.63) is 53.9 Å². The van der Waals surface area contributed by atoms with Crippen LogP contribution in [-0.2, 0) is 32.0 Å². The van der Waals surface area contributed by atoms with Crippen LogP contribution < -0.4 is 15.5 Å². The summed E-state index contributed by atoms with van der Waals surface area (Å²) in [4.78, 5) is 36.9. The second kappa shape index (κ2) is 12.7. The Bertz CT molecular complexity index is 1110. The zero-order valence-electron chi connectivity index (χ0n) is 20.3. The molecule has 0 unspecified atom stereocenters. The Labute approximate surface area is 213 Å². The third-order valence-electron chi connectivity index (χ3n) is 4.68. The second-order valence-electron chi connectivity index (χ2n) is 8.69. The summed E-state index contributed by atoms with van der Waals surface area (Å²) >= 11 is 2.99. The molecule has 2 aromatic heterocycles. The lowest BCUT2D eigenvalue weighted by molar-refractivity contribution is -0.131. The van der Waals surface area contributed by atoms with Gasteiger partial charge in [-0.1, -0.05) is 44.2 Å². The Hall–Kier alpha value is -2.89. The maximum absolute atomic E-state index is 12.4.